The molecule has 0 aromatic rings. The Kier molecular flexibility index (Phi) is 84.6. The third kappa shape index (κ3) is 49.5. The molecule has 1 aliphatic rings. The third-order valence-corrected chi connectivity index (χ3v) is 2.29. The first-order chi connectivity index (χ1) is 12.1. The lowest BCUT2D eigenvalue weighted by Gasteiger charge is -2.14. The lowest BCUT2D eigenvalue weighted by molar-refractivity contribution is -0.0980. The van der Waals surface area contributed by atoms with Crippen LogP contribution < -0.4 is 5.32 Å². The number of alkyl halides is 2. The van der Waals surface area contributed by atoms with E-state index in [1.54, 1.807) is 6.08 Å². The summed E-state index contributed by atoms with van der Waals surface area (Å²) in [5.41, 5.74) is 0. The first-order valence-electron chi connectivity index (χ1n) is 8.56. The van der Waals surface area contributed by atoms with Gasteiger partial charge >= 0.3 is 0 Å². The van der Waals surface area contributed by atoms with Gasteiger partial charge in [0.2, 0.25) is 0 Å². The molecule has 0 spiro atoms. The van der Waals surface area contributed by atoms with Gasteiger partial charge in [0.1, 0.15) is 6.79 Å². The summed E-state index contributed by atoms with van der Waals surface area (Å²) in [6.45, 7) is 19.3. The van der Waals surface area contributed by atoms with Crippen molar-refractivity contribution in [1.29, 1.82) is 0 Å². The van der Waals surface area contributed by atoms with Gasteiger partial charge in [-0.3, -0.25) is 0 Å². The fourth-order valence-electron chi connectivity index (χ4n) is 1.47. The van der Waals surface area contributed by atoms with E-state index < -0.39 is 5.92 Å². The molecule has 26 heavy (non-hydrogen) atoms. The number of aliphatic hydroxyl groups is 2. The first-order valence-corrected chi connectivity index (χ1v) is 8.56. The number of aliphatic hydroxyl groups excluding tert-OH is 2. The summed E-state index contributed by atoms with van der Waals surface area (Å²) in [5, 5.41) is 17.2. The average molecular weight is 388 g/mol. The first kappa shape index (κ1) is 44.4. The lowest BCUT2D eigenvalue weighted by Crippen LogP contribution is -2.24. The third-order valence-electron chi connectivity index (χ3n) is 2.29. The second-order valence-corrected chi connectivity index (χ2v) is 3.71. The molecule has 164 valence electrons. The van der Waals surface area contributed by atoms with E-state index in [-0.39, 0.29) is 13.8 Å². The van der Waals surface area contributed by atoms with Crippen LogP contribution in [0.5, 0.6) is 0 Å². The number of hydrogen-bond donors (Lipinski definition) is 3. The SMILES string of the molecule is C.C=CC.C=CC(F)(F)CCC1CCCN1.C=O.CC.CC.CO.CO. The number of nitrogens with one attached hydrogen (secondary N) is 1. The summed E-state index contributed by atoms with van der Waals surface area (Å²) in [4.78, 5) is 8.00. The molecule has 1 aliphatic heterocycles. The van der Waals surface area contributed by atoms with Crippen molar-refractivity contribution in [1.82, 2.24) is 5.32 Å². The maximum absolute atomic E-state index is 12.7. The zero-order chi connectivity index (χ0) is 21.7. The molecule has 1 atom stereocenters. The molecule has 1 unspecified atom stereocenters. The minimum Gasteiger partial charge on any atom is -0.400 e. The van der Waals surface area contributed by atoms with Crippen molar-refractivity contribution >= 4 is 6.79 Å². The summed E-state index contributed by atoms with van der Waals surface area (Å²) in [7, 11) is 2.00. The van der Waals surface area contributed by atoms with Crippen LogP contribution in [0.4, 0.5) is 8.78 Å². The number of hydrogen-bond acceptors (Lipinski definition) is 4. The standard InChI is InChI=1S/C9H15F2N.C3H6.2C2H6.2CH4O.CH2O.CH4/c1-2-9(10,11)6-5-8-4-3-7-12-8;1-3-2;5*1-2;/h2,8,12H,1,3-7H2;3H,1H2,2H3;2*1-2H3;2*2H,1H3;1H2;1H4. The van der Waals surface area contributed by atoms with Crippen molar-refractivity contribution in [2.75, 3.05) is 20.8 Å². The van der Waals surface area contributed by atoms with Gasteiger partial charge in [-0.25, -0.2) is 8.78 Å². The number of carbonyl (C=O) groups excluding carboxylic acids is 1. The van der Waals surface area contributed by atoms with Gasteiger partial charge in [0, 0.05) is 26.7 Å². The van der Waals surface area contributed by atoms with Crippen LogP contribution in [0.2, 0.25) is 0 Å². The van der Waals surface area contributed by atoms with Crippen molar-refractivity contribution in [3.8, 4) is 0 Å². The maximum Gasteiger partial charge on any atom is 0.266 e. The monoisotopic (exact) mass is 387 g/mol. The van der Waals surface area contributed by atoms with Crippen LogP contribution >= 0.6 is 0 Å². The molecule has 1 heterocycles. The maximum atomic E-state index is 12.7. The largest absolute Gasteiger partial charge is 0.400 e. The van der Waals surface area contributed by atoms with Crippen LogP contribution in [0.3, 0.4) is 0 Å². The Morgan fingerprint density at radius 1 is 1.08 bits per heavy atom. The molecule has 0 aromatic heterocycles. The predicted molar refractivity (Wildman–Crippen MR) is 114 cm³/mol. The van der Waals surface area contributed by atoms with Crippen LogP contribution in [-0.2, 0) is 4.79 Å². The van der Waals surface area contributed by atoms with Crippen LogP contribution in [0.25, 0.3) is 0 Å². The van der Waals surface area contributed by atoms with Crippen molar-refractivity contribution in [2.45, 2.75) is 79.7 Å². The average Bonchev–Trinajstić information content (AvgIpc) is 3.23. The van der Waals surface area contributed by atoms with Gasteiger partial charge < -0.3 is 20.3 Å². The smallest absolute Gasteiger partial charge is 0.266 e. The van der Waals surface area contributed by atoms with Gasteiger partial charge in [-0.05, 0) is 38.8 Å². The summed E-state index contributed by atoms with van der Waals surface area (Å²) in [6, 6.07) is 0.302. The molecule has 1 rings (SSSR count). The molecular weight excluding hydrogens is 340 g/mol. The van der Waals surface area contributed by atoms with Crippen LogP contribution in [0, 0.1) is 0 Å². The highest BCUT2D eigenvalue weighted by Gasteiger charge is 2.26. The van der Waals surface area contributed by atoms with Gasteiger partial charge in [0.25, 0.3) is 5.92 Å². The fourth-order valence-corrected chi connectivity index (χ4v) is 1.47. The second-order valence-electron chi connectivity index (χ2n) is 3.71. The van der Waals surface area contributed by atoms with Gasteiger partial charge in [0.05, 0.1) is 0 Å². The van der Waals surface area contributed by atoms with Crippen molar-refractivity contribution < 1.29 is 23.8 Å². The van der Waals surface area contributed by atoms with Gasteiger partial charge in [0.15, 0.2) is 0 Å². The van der Waals surface area contributed by atoms with Crippen LogP contribution in [-0.4, -0.2) is 49.7 Å². The van der Waals surface area contributed by atoms with E-state index in [1.807, 2.05) is 41.4 Å². The summed E-state index contributed by atoms with van der Waals surface area (Å²) in [6.07, 6.45) is 5.12. The Morgan fingerprint density at radius 2 is 1.42 bits per heavy atom. The Labute approximate surface area is 162 Å². The number of rotatable bonds is 4. The summed E-state index contributed by atoms with van der Waals surface area (Å²) < 4.78 is 25.3. The van der Waals surface area contributed by atoms with Gasteiger partial charge in [-0.1, -0.05) is 47.8 Å². The fraction of sp³-hybridized carbons (Fsp3) is 0.750. The number of carbonyl (C=O) groups is 1. The quantitative estimate of drug-likeness (QED) is 0.576. The molecule has 0 aliphatic carbocycles. The minimum atomic E-state index is -2.68. The van der Waals surface area contributed by atoms with E-state index in [0.29, 0.717) is 12.5 Å². The molecule has 0 aromatic carbocycles. The second kappa shape index (κ2) is 49.6. The van der Waals surface area contributed by atoms with Crippen molar-refractivity contribution in [2.24, 2.45) is 0 Å². The molecule has 0 saturated carbocycles. The van der Waals surface area contributed by atoms with Crippen LogP contribution in [0.1, 0.15) is 67.7 Å². The van der Waals surface area contributed by atoms with E-state index in [9.17, 15) is 8.78 Å². The molecule has 6 heteroatoms. The van der Waals surface area contributed by atoms with E-state index in [1.165, 1.54) is 0 Å². The highest BCUT2D eigenvalue weighted by molar-refractivity contribution is 5.11. The number of allylic oxidation sites excluding steroid dienone is 2. The molecule has 0 bridgehead atoms. The molecular formula is C20H47F2NO3. The predicted octanol–water partition coefficient (Wildman–Crippen LogP) is 5.25. The summed E-state index contributed by atoms with van der Waals surface area (Å²) >= 11 is 0. The van der Waals surface area contributed by atoms with Crippen LogP contribution in [0.15, 0.2) is 25.3 Å². The van der Waals surface area contributed by atoms with E-state index in [4.69, 9.17) is 15.0 Å². The van der Waals surface area contributed by atoms with Crippen molar-refractivity contribution in [3.63, 3.8) is 0 Å². The van der Waals surface area contributed by atoms with E-state index in [2.05, 4.69) is 18.5 Å². The van der Waals surface area contributed by atoms with Gasteiger partial charge in [-0.15, -0.1) is 6.58 Å². The zero-order valence-electron chi connectivity index (χ0n) is 17.4. The summed E-state index contributed by atoms with van der Waals surface area (Å²) in [5.74, 6) is -2.68. The minimum absolute atomic E-state index is 0. The van der Waals surface area contributed by atoms with Gasteiger partial charge in [-0.2, -0.15) is 0 Å². The van der Waals surface area contributed by atoms with Crippen molar-refractivity contribution in [3.05, 3.63) is 25.3 Å². The Morgan fingerprint density at radius 3 is 1.65 bits per heavy atom. The molecule has 3 N–H and O–H groups in total. The Hall–Kier alpha value is -1.11. The topological polar surface area (TPSA) is 69.6 Å². The molecule has 4 nitrogen and oxygen atoms in total. The van der Waals surface area contributed by atoms with E-state index >= 15 is 0 Å². The zero-order valence-corrected chi connectivity index (χ0v) is 17.4. The molecule has 1 fully saturated rings. The highest BCUT2D eigenvalue weighted by Crippen LogP contribution is 2.23. The lowest BCUT2D eigenvalue weighted by atomic mass is 10.1. The Bertz CT molecular complexity index is 211. The molecule has 0 amide bonds. The normalized spacial score (nSPS) is 12.8. The van der Waals surface area contributed by atoms with E-state index in [0.717, 1.165) is 39.7 Å². The molecule has 0 radical (unpaired) electrons. The Balaban J connectivity index is -0.0000000438. The number of halogens is 2. The molecule has 1 saturated heterocycles. The highest BCUT2D eigenvalue weighted by atomic mass is 19.3.